The summed E-state index contributed by atoms with van der Waals surface area (Å²) in [5.41, 5.74) is 0.699. The van der Waals surface area contributed by atoms with E-state index in [0.29, 0.717) is 23.6 Å². The van der Waals surface area contributed by atoms with Crippen molar-refractivity contribution in [3.8, 4) is 11.5 Å². The van der Waals surface area contributed by atoms with Gasteiger partial charge in [-0.1, -0.05) is 12.1 Å². The molecule has 0 spiro atoms. The number of hydrogen-bond acceptors (Lipinski definition) is 4. The molecular formula is C17H19NO3S. The second kappa shape index (κ2) is 8.34. The predicted molar refractivity (Wildman–Crippen MR) is 90.0 cm³/mol. The van der Waals surface area contributed by atoms with Crippen molar-refractivity contribution in [1.29, 1.82) is 0 Å². The van der Waals surface area contributed by atoms with Gasteiger partial charge in [0.25, 0.3) is 0 Å². The number of para-hydroxylation sites is 2. The van der Waals surface area contributed by atoms with Crippen molar-refractivity contribution in [2.24, 2.45) is 0 Å². The van der Waals surface area contributed by atoms with Crippen LogP contribution in [0.25, 0.3) is 0 Å². The molecule has 0 aliphatic carbocycles. The van der Waals surface area contributed by atoms with Crippen LogP contribution in [0.3, 0.4) is 0 Å². The summed E-state index contributed by atoms with van der Waals surface area (Å²) in [6, 6.07) is 15.2. The Kier molecular flexibility index (Phi) is 6.15. The van der Waals surface area contributed by atoms with Crippen LogP contribution in [0, 0.1) is 0 Å². The lowest BCUT2D eigenvalue weighted by molar-refractivity contribution is -0.115. The predicted octanol–water partition coefficient (Wildman–Crippen LogP) is 3.82. The quantitative estimate of drug-likeness (QED) is 0.789. The Labute approximate surface area is 134 Å². The average molecular weight is 317 g/mol. The zero-order valence-electron chi connectivity index (χ0n) is 12.7. The van der Waals surface area contributed by atoms with Crippen molar-refractivity contribution < 1.29 is 14.3 Å². The van der Waals surface area contributed by atoms with Gasteiger partial charge in [-0.15, -0.1) is 11.8 Å². The second-order valence-electron chi connectivity index (χ2n) is 4.52. The summed E-state index contributed by atoms with van der Waals surface area (Å²) in [5.74, 6) is 2.19. The van der Waals surface area contributed by atoms with Crippen LogP contribution in [0.15, 0.2) is 53.4 Å². The standard InChI is InChI=1S/C17H19NO3S/c1-20-13-7-9-14(10-8-13)22-12-11-17(19)18-15-5-3-4-6-16(15)21-2/h3-10H,11-12H2,1-2H3,(H,18,19). The Hall–Kier alpha value is -2.14. The summed E-state index contributed by atoms with van der Waals surface area (Å²) < 4.78 is 10.3. The summed E-state index contributed by atoms with van der Waals surface area (Å²) in [6.45, 7) is 0. The average Bonchev–Trinajstić information content (AvgIpc) is 2.56. The molecule has 2 aromatic rings. The second-order valence-corrected chi connectivity index (χ2v) is 5.69. The van der Waals surface area contributed by atoms with Crippen molar-refractivity contribution in [2.45, 2.75) is 11.3 Å². The van der Waals surface area contributed by atoms with Crippen LogP contribution in [0.4, 0.5) is 5.69 Å². The third-order valence-electron chi connectivity index (χ3n) is 3.04. The lowest BCUT2D eigenvalue weighted by atomic mass is 10.3. The smallest absolute Gasteiger partial charge is 0.225 e. The fraction of sp³-hybridized carbons (Fsp3) is 0.235. The summed E-state index contributed by atoms with van der Waals surface area (Å²) in [7, 11) is 3.23. The first-order chi connectivity index (χ1) is 10.7. The number of methoxy groups -OCH3 is 2. The fourth-order valence-electron chi connectivity index (χ4n) is 1.89. The highest BCUT2D eigenvalue weighted by molar-refractivity contribution is 7.99. The van der Waals surface area contributed by atoms with Crippen LogP contribution in [0.2, 0.25) is 0 Å². The van der Waals surface area contributed by atoms with E-state index in [9.17, 15) is 4.79 Å². The van der Waals surface area contributed by atoms with Crippen molar-refractivity contribution >= 4 is 23.4 Å². The van der Waals surface area contributed by atoms with Gasteiger partial charge in [-0.3, -0.25) is 4.79 Å². The van der Waals surface area contributed by atoms with E-state index in [-0.39, 0.29) is 5.91 Å². The molecule has 1 N–H and O–H groups in total. The molecule has 0 saturated carbocycles. The Bertz CT molecular complexity index is 614. The van der Waals surface area contributed by atoms with Crippen LogP contribution in [0.5, 0.6) is 11.5 Å². The molecule has 5 heteroatoms. The first-order valence-corrected chi connectivity index (χ1v) is 7.91. The third kappa shape index (κ3) is 4.70. The van der Waals surface area contributed by atoms with Crippen molar-refractivity contribution in [2.75, 3.05) is 25.3 Å². The Morgan fingerprint density at radius 2 is 1.77 bits per heavy atom. The van der Waals surface area contributed by atoms with E-state index in [1.165, 1.54) is 0 Å². The van der Waals surface area contributed by atoms with E-state index in [4.69, 9.17) is 9.47 Å². The van der Waals surface area contributed by atoms with Gasteiger partial charge in [0, 0.05) is 17.1 Å². The highest BCUT2D eigenvalue weighted by Crippen LogP contribution is 2.24. The Morgan fingerprint density at radius 1 is 1.05 bits per heavy atom. The van der Waals surface area contributed by atoms with E-state index in [1.807, 2.05) is 48.5 Å². The Balaban J connectivity index is 1.80. The molecule has 0 bridgehead atoms. The maximum atomic E-state index is 12.0. The molecular weight excluding hydrogens is 298 g/mol. The van der Waals surface area contributed by atoms with Crippen molar-refractivity contribution in [1.82, 2.24) is 0 Å². The number of ether oxygens (including phenoxy) is 2. The number of hydrogen-bond donors (Lipinski definition) is 1. The number of nitrogens with one attached hydrogen (secondary N) is 1. The molecule has 0 radical (unpaired) electrons. The van der Waals surface area contributed by atoms with E-state index >= 15 is 0 Å². The maximum absolute atomic E-state index is 12.0. The minimum atomic E-state index is -0.0227. The number of benzene rings is 2. The highest BCUT2D eigenvalue weighted by Gasteiger charge is 2.07. The molecule has 0 atom stereocenters. The van der Waals surface area contributed by atoms with Gasteiger partial charge in [-0.05, 0) is 36.4 Å². The van der Waals surface area contributed by atoms with Crippen molar-refractivity contribution in [3.63, 3.8) is 0 Å². The molecule has 22 heavy (non-hydrogen) atoms. The van der Waals surface area contributed by atoms with E-state index < -0.39 is 0 Å². The molecule has 0 aliphatic rings. The van der Waals surface area contributed by atoms with Gasteiger partial charge in [-0.25, -0.2) is 0 Å². The van der Waals surface area contributed by atoms with Crippen LogP contribution >= 0.6 is 11.8 Å². The number of anilines is 1. The fourth-order valence-corrected chi connectivity index (χ4v) is 2.75. The number of thioether (sulfide) groups is 1. The van der Waals surface area contributed by atoms with Gasteiger partial charge < -0.3 is 14.8 Å². The van der Waals surface area contributed by atoms with Crippen LogP contribution < -0.4 is 14.8 Å². The molecule has 1 amide bonds. The Morgan fingerprint density at radius 3 is 2.45 bits per heavy atom. The lowest BCUT2D eigenvalue weighted by Crippen LogP contribution is -2.12. The number of carbonyl (C=O) groups excluding carboxylic acids is 1. The molecule has 0 heterocycles. The molecule has 2 aromatic carbocycles. The number of carbonyl (C=O) groups is 1. The minimum Gasteiger partial charge on any atom is -0.497 e. The molecule has 2 rings (SSSR count). The molecule has 0 saturated heterocycles. The molecule has 0 fully saturated rings. The van der Waals surface area contributed by atoms with Gasteiger partial charge in [0.1, 0.15) is 11.5 Å². The van der Waals surface area contributed by atoms with Gasteiger partial charge in [0.15, 0.2) is 0 Å². The monoisotopic (exact) mass is 317 g/mol. The van der Waals surface area contributed by atoms with Crippen LogP contribution in [-0.4, -0.2) is 25.9 Å². The third-order valence-corrected chi connectivity index (χ3v) is 4.05. The van der Waals surface area contributed by atoms with Gasteiger partial charge >= 0.3 is 0 Å². The van der Waals surface area contributed by atoms with E-state index in [0.717, 1.165) is 10.6 Å². The summed E-state index contributed by atoms with van der Waals surface area (Å²) >= 11 is 1.64. The number of amides is 1. The summed E-state index contributed by atoms with van der Waals surface area (Å²) in [4.78, 5) is 13.1. The van der Waals surface area contributed by atoms with E-state index in [1.54, 1.807) is 26.0 Å². The van der Waals surface area contributed by atoms with Crippen LogP contribution in [0.1, 0.15) is 6.42 Å². The van der Waals surface area contributed by atoms with Gasteiger partial charge in [-0.2, -0.15) is 0 Å². The first-order valence-electron chi connectivity index (χ1n) is 6.92. The first kappa shape index (κ1) is 16.2. The van der Waals surface area contributed by atoms with Gasteiger partial charge in [0.2, 0.25) is 5.91 Å². The van der Waals surface area contributed by atoms with Crippen molar-refractivity contribution in [3.05, 3.63) is 48.5 Å². The normalized spacial score (nSPS) is 10.1. The zero-order chi connectivity index (χ0) is 15.8. The van der Waals surface area contributed by atoms with Gasteiger partial charge in [0.05, 0.1) is 19.9 Å². The lowest BCUT2D eigenvalue weighted by Gasteiger charge is -2.09. The minimum absolute atomic E-state index is 0.0227. The maximum Gasteiger partial charge on any atom is 0.225 e. The molecule has 0 aromatic heterocycles. The summed E-state index contributed by atoms with van der Waals surface area (Å²) in [5, 5.41) is 2.87. The topological polar surface area (TPSA) is 47.6 Å². The molecule has 0 aliphatic heterocycles. The van der Waals surface area contributed by atoms with E-state index in [2.05, 4.69) is 5.32 Å². The summed E-state index contributed by atoms with van der Waals surface area (Å²) in [6.07, 6.45) is 0.439. The highest BCUT2D eigenvalue weighted by atomic mass is 32.2. The zero-order valence-corrected chi connectivity index (χ0v) is 13.5. The molecule has 0 unspecified atom stereocenters. The molecule has 116 valence electrons. The van der Waals surface area contributed by atoms with Crippen LogP contribution in [-0.2, 0) is 4.79 Å². The largest absolute Gasteiger partial charge is 0.497 e. The SMILES string of the molecule is COc1ccc(SCCC(=O)Nc2ccccc2OC)cc1. The number of rotatable bonds is 7. The molecule has 4 nitrogen and oxygen atoms in total.